The van der Waals surface area contributed by atoms with Gasteiger partial charge in [0.15, 0.2) is 0 Å². The Morgan fingerprint density at radius 1 is 0.967 bits per heavy atom. The van der Waals surface area contributed by atoms with Crippen LogP contribution in [0.2, 0.25) is 0 Å². The summed E-state index contributed by atoms with van der Waals surface area (Å²) in [5.41, 5.74) is 0.0806. The van der Waals surface area contributed by atoms with Crippen LogP contribution in [0.15, 0.2) is 24.3 Å². The molecule has 30 heavy (non-hydrogen) atoms. The van der Waals surface area contributed by atoms with Gasteiger partial charge in [-0.1, -0.05) is 0 Å². The summed E-state index contributed by atoms with van der Waals surface area (Å²) in [6, 6.07) is 3.40. The predicted octanol–water partition coefficient (Wildman–Crippen LogP) is 4.00. The Morgan fingerprint density at radius 3 is 1.97 bits per heavy atom. The van der Waals surface area contributed by atoms with Crippen molar-refractivity contribution in [3.05, 3.63) is 29.5 Å². The standard InChI is InChI=1S/C15H15F6N6O3/c1-7(2)22-11-24-12(23-8-3-5-9(6-4-8)27(28)29)26-13(25-11)30-10(14(16,17)18)15(19,20)21/h3-7,10,28H,1-2H3,(H2,22,23,24,25,26)/q-1. The third kappa shape index (κ3) is 6.48. The molecule has 1 aromatic carbocycles. The number of rotatable bonds is 7. The molecule has 0 radical (unpaired) electrons. The number of hydrogen-bond acceptors (Lipinski definition) is 9. The van der Waals surface area contributed by atoms with Gasteiger partial charge in [-0.05, 0) is 38.1 Å². The van der Waals surface area contributed by atoms with E-state index < -0.39 is 35.6 Å². The fourth-order valence-corrected chi connectivity index (χ4v) is 2.01. The normalized spacial score (nSPS) is 12.3. The van der Waals surface area contributed by atoms with Gasteiger partial charge in [0.2, 0.25) is 11.9 Å². The van der Waals surface area contributed by atoms with Crippen LogP contribution in [0, 0.1) is 5.21 Å². The van der Waals surface area contributed by atoms with Gasteiger partial charge in [-0.3, -0.25) is 5.21 Å². The summed E-state index contributed by atoms with van der Waals surface area (Å²) in [5.74, 6) is -0.764. The minimum Gasteiger partial charge on any atom is -0.733 e. The van der Waals surface area contributed by atoms with Crippen molar-refractivity contribution in [3.8, 4) is 6.01 Å². The molecule has 2 rings (SSSR count). The van der Waals surface area contributed by atoms with Gasteiger partial charge in [0.1, 0.15) is 0 Å². The molecule has 0 saturated heterocycles. The smallest absolute Gasteiger partial charge is 0.434 e. The van der Waals surface area contributed by atoms with Crippen LogP contribution in [0.4, 0.5) is 49.6 Å². The Labute approximate surface area is 165 Å². The number of nitrogens with zero attached hydrogens (tertiary/aromatic N) is 4. The van der Waals surface area contributed by atoms with Gasteiger partial charge in [0.25, 0.3) is 6.10 Å². The molecule has 0 saturated carbocycles. The van der Waals surface area contributed by atoms with Crippen LogP contribution in [0.1, 0.15) is 13.8 Å². The Hall–Kier alpha value is -3.07. The molecule has 0 fully saturated rings. The van der Waals surface area contributed by atoms with Crippen LogP contribution in [0.25, 0.3) is 0 Å². The van der Waals surface area contributed by atoms with Crippen molar-refractivity contribution in [2.45, 2.75) is 38.3 Å². The number of halogens is 6. The summed E-state index contributed by atoms with van der Waals surface area (Å²) < 4.78 is 80.6. The summed E-state index contributed by atoms with van der Waals surface area (Å²) in [7, 11) is 0. The molecule has 0 aliphatic carbocycles. The molecule has 0 aliphatic rings. The molecule has 15 heteroatoms. The summed E-state index contributed by atoms with van der Waals surface area (Å²) in [5, 5.41) is 24.3. The van der Waals surface area contributed by atoms with Crippen LogP contribution >= 0.6 is 0 Å². The second-order valence-electron chi connectivity index (χ2n) is 6.09. The number of nitrogens with one attached hydrogen (secondary N) is 2. The average molecular weight is 441 g/mol. The zero-order valence-corrected chi connectivity index (χ0v) is 15.3. The highest BCUT2D eigenvalue weighted by Crippen LogP contribution is 2.36. The lowest BCUT2D eigenvalue weighted by Crippen LogP contribution is -2.47. The molecule has 166 valence electrons. The zero-order chi connectivity index (χ0) is 22.7. The quantitative estimate of drug-likeness (QED) is 0.433. The average Bonchev–Trinajstić information content (AvgIpc) is 2.57. The van der Waals surface area contributed by atoms with Crippen LogP contribution < -0.4 is 20.6 Å². The van der Waals surface area contributed by atoms with Crippen molar-refractivity contribution < 1.29 is 36.3 Å². The first-order chi connectivity index (χ1) is 13.8. The number of hydrogen-bond donors (Lipinski definition) is 3. The monoisotopic (exact) mass is 441 g/mol. The van der Waals surface area contributed by atoms with Gasteiger partial charge in [0.05, 0.1) is 5.69 Å². The molecule has 9 nitrogen and oxygen atoms in total. The van der Waals surface area contributed by atoms with E-state index in [4.69, 9.17) is 5.21 Å². The third-order valence-electron chi connectivity index (χ3n) is 3.19. The Balaban J connectivity index is 2.36. The van der Waals surface area contributed by atoms with Crippen molar-refractivity contribution in [1.82, 2.24) is 15.0 Å². The highest BCUT2D eigenvalue weighted by molar-refractivity contribution is 5.59. The lowest BCUT2D eigenvalue weighted by atomic mass is 10.3. The summed E-state index contributed by atoms with van der Waals surface area (Å²) in [4.78, 5) is 10.7. The van der Waals surface area contributed by atoms with Crippen molar-refractivity contribution >= 4 is 23.3 Å². The van der Waals surface area contributed by atoms with Crippen molar-refractivity contribution in [2.75, 3.05) is 15.9 Å². The van der Waals surface area contributed by atoms with Crippen molar-refractivity contribution in [1.29, 1.82) is 0 Å². The molecule has 0 bridgehead atoms. The zero-order valence-electron chi connectivity index (χ0n) is 15.3. The minimum absolute atomic E-state index is 0.124. The lowest BCUT2D eigenvalue weighted by molar-refractivity contribution is -0.301. The summed E-state index contributed by atoms with van der Waals surface area (Å²) in [6.45, 7) is 3.27. The van der Waals surface area contributed by atoms with Gasteiger partial charge in [-0.25, -0.2) is 0 Å². The number of alkyl halides is 6. The van der Waals surface area contributed by atoms with E-state index in [-0.39, 0.29) is 23.4 Å². The first-order valence-electron chi connectivity index (χ1n) is 8.11. The Bertz CT molecular complexity index is 830. The molecule has 0 atom stereocenters. The van der Waals surface area contributed by atoms with Crippen molar-refractivity contribution in [2.24, 2.45) is 0 Å². The maximum atomic E-state index is 12.8. The van der Waals surface area contributed by atoms with Crippen LogP contribution in [0.3, 0.4) is 0 Å². The third-order valence-corrected chi connectivity index (χ3v) is 3.19. The second kappa shape index (κ2) is 8.74. The van der Waals surface area contributed by atoms with E-state index in [0.717, 1.165) is 0 Å². The molecule has 0 unspecified atom stereocenters. The SMILES string of the molecule is CC(C)Nc1nc(Nc2ccc(N([O-])O)cc2)nc(OC(C(F)(F)F)C(F)(F)F)n1. The van der Waals surface area contributed by atoms with E-state index in [9.17, 15) is 31.5 Å². The Morgan fingerprint density at radius 2 is 1.50 bits per heavy atom. The molecule has 0 amide bonds. The molecule has 3 N–H and O–H groups in total. The number of anilines is 4. The molecule has 0 spiro atoms. The fourth-order valence-electron chi connectivity index (χ4n) is 2.01. The number of aromatic nitrogens is 3. The maximum Gasteiger partial charge on any atom is 0.434 e. The predicted molar refractivity (Wildman–Crippen MR) is 92.5 cm³/mol. The first kappa shape index (κ1) is 23.2. The largest absolute Gasteiger partial charge is 0.733 e. The van der Waals surface area contributed by atoms with E-state index in [2.05, 4.69) is 30.3 Å². The van der Waals surface area contributed by atoms with Crippen LogP contribution in [-0.4, -0.2) is 44.7 Å². The number of benzene rings is 1. The van der Waals surface area contributed by atoms with Gasteiger partial charge in [0, 0.05) is 11.7 Å². The highest BCUT2D eigenvalue weighted by atomic mass is 19.4. The van der Waals surface area contributed by atoms with E-state index in [0.29, 0.717) is 0 Å². The topological polar surface area (TPSA) is 118 Å². The molecular weight excluding hydrogens is 426 g/mol. The fraction of sp³-hybridized carbons (Fsp3) is 0.400. The van der Waals surface area contributed by atoms with Gasteiger partial charge in [-0.2, -0.15) is 41.3 Å². The van der Waals surface area contributed by atoms with E-state index in [1.807, 2.05) is 0 Å². The molecule has 0 aliphatic heterocycles. The van der Waals surface area contributed by atoms with Gasteiger partial charge in [-0.15, -0.1) is 0 Å². The molecular formula is C15H15F6N6O3-. The van der Waals surface area contributed by atoms with E-state index in [1.165, 1.54) is 24.3 Å². The molecule has 2 aromatic rings. The maximum absolute atomic E-state index is 12.8. The van der Waals surface area contributed by atoms with Crippen LogP contribution in [0.5, 0.6) is 6.01 Å². The minimum atomic E-state index is -5.76. The molecule has 1 aromatic heterocycles. The highest BCUT2D eigenvalue weighted by Gasteiger charge is 2.59. The van der Waals surface area contributed by atoms with Gasteiger partial charge < -0.3 is 25.8 Å². The first-order valence-corrected chi connectivity index (χ1v) is 8.11. The van der Waals surface area contributed by atoms with Gasteiger partial charge >= 0.3 is 18.4 Å². The number of ether oxygens (including phenoxy) is 1. The lowest BCUT2D eigenvalue weighted by Gasteiger charge is -2.23. The summed E-state index contributed by atoms with van der Waals surface area (Å²) in [6.07, 6.45) is -15.7. The Kier molecular flexibility index (Phi) is 6.77. The van der Waals surface area contributed by atoms with E-state index >= 15 is 0 Å². The summed E-state index contributed by atoms with van der Waals surface area (Å²) >= 11 is 0. The molecule has 1 heterocycles. The van der Waals surface area contributed by atoms with Crippen LogP contribution in [-0.2, 0) is 0 Å². The second-order valence-corrected chi connectivity index (χ2v) is 6.09. The van der Waals surface area contributed by atoms with E-state index in [1.54, 1.807) is 13.8 Å². The van der Waals surface area contributed by atoms with Crippen molar-refractivity contribution in [3.63, 3.8) is 0 Å².